The fourth-order valence-electron chi connectivity index (χ4n) is 10.0. The molecule has 0 aromatic heterocycles. The molecule has 1 saturated heterocycles. The van der Waals surface area contributed by atoms with E-state index in [0.717, 1.165) is 19.9 Å². The smallest absolute Gasteiger partial charge is 0.350 e. The number of ether oxygens (including phenoxy) is 6. The summed E-state index contributed by atoms with van der Waals surface area (Å²) in [7, 11) is 0. The third-order valence-corrected chi connectivity index (χ3v) is 13.4. The van der Waals surface area contributed by atoms with Gasteiger partial charge >= 0.3 is 29.8 Å². The van der Waals surface area contributed by atoms with Crippen LogP contribution in [-0.2, 0) is 52.4 Å². The molecule has 342 valence electrons. The summed E-state index contributed by atoms with van der Waals surface area (Å²) in [6.07, 6.45) is -9.88. The zero-order chi connectivity index (χ0) is 47.2. The van der Waals surface area contributed by atoms with E-state index < -0.39 is 119 Å². The highest BCUT2D eigenvalue weighted by Crippen LogP contribution is 2.67. The van der Waals surface area contributed by atoms with Crippen molar-refractivity contribution in [3.63, 3.8) is 0 Å². The van der Waals surface area contributed by atoms with Crippen molar-refractivity contribution in [2.75, 3.05) is 0 Å². The van der Waals surface area contributed by atoms with Gasteiger partial charge < -0.3 is 44.0 Å². The van der Waals surface area contributed by atoms with E-state index in [4.69, 9.17) is 28.4 Å². The topological polar surface area (TPSA) is 231 Å². The summed E-state index contributed by atoms with van der Waals surface area (Å²) >= 11 is 0. The minimum atomic E-state index is -2.46. The number of rotatable bonds is 12. The van der Waals surface area contributed by atoms with Gasteiger partial charge in [0.1, 0.15) is 30.0 Å². The molecule has 1 unspecified atom stereocenters. The fourth-order valence-corrected chi connectivity index (χ4v) is 10.0. The number of fused-ring (bicyclic) bond motifs is 5. The van der Waals surface area contributed by atoms with E-state index in [-0.39, 0.29) is 28.7 Å². The molecular weight excluding hydrogens is 843 g/mol. The number of esters is 5. The lowest BCUT2D eigenvalue weighted by molar-refractivity contribution is -0.252. The number of benzene rings is 3. The van der Waals surface area contributed by atoms with Gasteiger partial charge in [-0.25, -0.2) is 14.4 Å². The summed E-state index contributed by atoms with van der Waals surface area (Å²) < 4.78 is 36.1. The number of hydrogen-bond acceptors (Lipinski definition) is 15. The molecule has 65 heavy (non-hydrogen) atoms. The summed E-state index contributed by atoms with van der Waals surface area (Å²) in [6, 6.07) is 22.6. The maximum atomic E-state index is 15.5. The molecule has 1 aliphatic heterocycles. The predicted molar refractivity (Wildman–Crippen MR) is 227 cm³/mol. The lowest BCUT2D eigenvalue weighted by Gasteiger charge is -2.60. The molecule has 3 aromatic rings. The van der Waals surface area contributed by atoms with E-state index in [1.54, 1.807) is 78.9 Å². The molecule has 2 bridgehead atoms. The molecule has 1 amide bonds. The van der Waals surface area contributed by atoms with Gasteiger partial charge in [0.25, 0.3) is 5.91 Å². The molecule has 0 spiro atoms. The Bertz CT molecular complexity index is 2440. The highest BCUT2D eigenvalue weighted by atomic mass is 16.8. The average Bonchev–Trinajstić information content (AvgIpc) is 3.96. The number of amides is 1. The van der Waals surface area contributed by atoms with Gasteiger partial charge in [0.2, 0.25) is 11.9 Å². The van der Waals surface area contributed by atoms with Gasteiger partial charge in [-0.05, 0) is 54.8 Å². The third kappa shape index (κ3) is 8.14. The maximum Gasteiger partial charge on any atom is 0.350 e. The summed E-state index contributed by atoms with van der Waals surface area (Å²) in [5, 5.41) is 28.5. The standard InChI is InChI=1S/C49H51NO15/c1-8-35(54)62-39(37(29-18-12-9-13-19-29)50-43(56)30-20-14-10-15-21-30)45(58)61-32-25-48(59)42(63-44(57)31-22-16-11-17-23-31)40-47(7,33(53)24-34-49(40,65-34)64-28(4)52)41(55)38(60-27(3)51)36(26(32)2)46(48,5)6/h8-23,32-34,37-40,42,53,59H,1,24-25H2,2-7H3,(H,50,56)/t32-,33-,34+,37-,38+,39+,40?,42-,47+,48+,49+/m0/s1. The van der Waals surface area contributed by atoms with Crippen LogP contribution in [0.2, 0.25) is 0 Å². The Morgan fingerprint density at radius 3 is 2.00 bits per heavy atom. The van der Waals surface area contributed by atoms with Crippen molar-refractivity contribution >= 4 is 41.5 Å². The number of carbonyl (C=O) groups is 7. The lowest BCUT2D eigenvalue weighted by Crippen LogP contribution is -2.74. The first-order valence-corrected chi connectivity index (χ1v) is 21.1. The molecule has 1 heterocycles. The number of Topliss-reactive ketones (excluding diaryl/α,β-unsaturated/α-hetero) is 1. The van der Waals surface area contributed by atoms with E-state index in [9.17, 15) is 39.0 Å². The van der Waals surface area contributed by atoms with Crippen LogP contribution in [-0.4, -0.2) is 99.8 Å². The number of ketones is 1. The summed E-state index contributed by atoms with van der Waals surface area (Å²) in [5.41, 5.74) is -5.64. The van der Waals surface area contributed by atoms with Gasteiger partial charge in [-0.3, -0.25) is 19.2 Å². The van der Waals surface area contributed by atoms with Crippen LogP contribution in [0.15, 0.2) is 115 Å². The average molecular weight is 894 g/mol. The molecule has 16 nitrogen and oxygen atoms in total. The fraction of sp³-hybridized carbons (Fsp3) is 0.408. The van der Waals surface area contributed by atoms with Crippen molar-refractivity contribution in [1.29, 1.82) is 0 Å². The van der Waals surface area contributed by atoms with Gasteiger partial charge in [0.15, 0.2) is 11.9 Å². The molecule has 3 N–H and O–H groups in total. The molecule has 4 aliphatic rings. The van der Waals surface area contributed by atoms with E-state index >= 15 is 4.79 Å². The van der Waals surface area contributed by atoms with Crippen molar-refractivity contribution in [3.8, 4) is 0 Å². The number of carbonyl (C=O) groups excluding carboxylic acids is 7. The number of epoxide rings is 1. The molecule has 7 rings (SSSR count). The normalized spacial score (nSPS) is 30.6. The predicted octanol–water partition coefficient (Wildman–Crippen LogP) is 4.43. The SMILES string of the molecule is C=CC(=O)O[C@@H](C(=O)O[C@H]1C[C@@]2(O)[C@@H](OC(=O)c3ccccc3)C3[C@]4(OC(C)=O)O[C@@H]4C[C@H](O)[C@@]3(C)C(=O)[C@H](OC(C)=O)C(=C1C)C2(C)C)[C@@H](NC(=O)c1ccccc1)c1ccccc1. The first kappa shape index (κ1) is 46.5. The highest BCUT2D eigenvalue weighted by molar-refractivity contribution is 5.96. The molecule has 3 fully saturated rings. The number of aliphatic hydroxyl groups excluding tert-OH is 1. The molecule has 16 heteroatoms. The molecular formula is C49H51NO15. The zero-order valence-electron chi connectivity index (χ0n) is 36.7. The Labute approximate surface area is 374 Å². The number of aliphatic hydroxyl groups is 2. The first-order valence-electron chi connectivity index (χ1n) is 21.1. The second-order valence-corrected chi connectivity index (χ2v) is 17.5. The Morgan fingerprint density at radius 2 is 1.43 bits per heavy atom. The Balaban J connectivity index is 1.41. The van der Waals surface area contributed by atoms with Crippen LogP contribution in [0.25, 0.3) is 0 Å². The van der Waals surface area contributed by atoms with Crippen LogP contribution in [0.5, 0.6) is 0 Å². The minimum absolute atomic E-state index is 0.0371. The largest absolute Gasteiger partial charge is 0.455 e. The minimum Gasteiger partial charge on any atom is -0.455 e. The maximum absolute atomic E-state index is 15.5. The molecule has 3 aromatic carbocycles. The van der Waals surface area contributed by atoms with Crippen molar-refractivity contribution in [2.24, 2.45) is 16.7 Å². The Kier molecular flexibility index (Phi) is 12.5. The summed E-state index contributed by atoms with van der Waals surface area (Å²) in [4.78, 5) is 97.3. The van der Waals surface area contributed by atoms with E-state index in [1.807, 2.05) is 0 Å². The quantitative estimate of drug-likeness (QED) is 0.0751. The van der Waals surface area contributed by atoms with Crippen molar-refractivity contribution in [2.45, 2.75) is 108 Å². The van der Waals surface area contributed by atoms with Crippen LogP contribution in [0.1, 0.15) is 86.7 Å². The Morgan fingerprint density at radius 1 is 0.846 bits per heavy atom. The van der Waals surface area contributed by atoms with Crippen LogP contribution >= 0.6 is 0 Å². The summed E-state index contributed by atoms with van der Waals surface area (Å²) in [6.45, 7) is 11.5. The Hall–Kier alpha value is -6.49. The van der Waals surface area contributed by atoms with Gasteiger partial charge in [-0.2, -0.15) is 0 Å². The van der Waals surface area contributed by atoms with Crippen LogP contribution in [0, 0.1) is 16.7 Å². The summed E-state index contributed by atoms with van der Waals surface area (Å²) in [5.74, 6) is -10.3. The zero-order valence-corrected chi connectivity index (χ0v) is 36.7. The van der Waals surface area contributed by atoms with Gasteiger partial charge in [0, 0.05) is 43.7 Å². The van der Waals surface area contributed by atoms with Gasteiger partial charge in [-0.1, -0.05) is 87.2 Å². The second-order valence-electron chi connectivity index (χ2n) is 17.5. The number of nitrogens with one attached hydrogen (secondary N) is 1. The van der Waals surface area contributed by atoms with Crippen molar-refractivity contribution in [1.82, 2.24) is 5.32 Å². The van der Waals surface area contributed by atoms with Crippen LogP contribution < -0.4 is 5.32 Å². The third-order valence-electron chi connectivity index (χ3n) is 13.4. The van der Waals surface area contributed by atoms with E-state index in [0.29, 0.717) is 5.56 Å². The highest BCUT2D eigenvalue weighted by Gasteiger charge is 2.82. The van der Waals surface area contributed by atoms with Crippen molar-refractivity contribution < 1.29 is 72.2 Å². The molecule has 2 saturated carbocycles. The van der Waals surface area contributed by atoms with Crippen LogP contribution in [0.4, 0.5) is 0 Å². The lowest BCUT2D eigenvalue weighted by atomic mass is 9.47. The first-order chi connectivity index (χ1) is 30.7. The van der Waals surface area contributed by atoms with Gasteiger partial charge in [-0.15, -0.1) is 0 Å². The second kappa shape index (κ2) is 17.5. The van der Waals surface area contributed by atoms with Crippen molar-refractivity contribution in [3.05, 3.63) is 131 Å². The molecule has 11 atom stereocenters. The van der Waals surface area contributed by atoms with E-state index in [1.165, 1.54) is 39.8 Å². The monoisotopic (exact) mass is 893 g/mol. The van der Waals surface area contributed by atoms with E-state index in [2.05, 4.69) is 11.9 Å². The van der Waals surface area contributed by atoms with Gasteiger partial charge in [0.05, 0.1) is 23.0 Å². The van der Waals surface area contributed by atoms with Crippen LogP contribution in [0.3, 0.4) is 0 Å². The molecule has 0 radical (unpaired) electrons. The molecule has 3 aliphatic carbocycles. The number of hydrogen-bond donors (Lipinski definition) is 3.